The maximum Gasteiger partial charge on any atom is 0.281 e. The van der Waals surface area contributed by atoms with Crippen LogP contribution in [0.15, 0.2) is 65.5 Å². The van der Waals surface area contributed by atoms with E-state index in [9.17, 15) is 9.59 Å². The molecular formula is C17H10N2O2S. The minimum atomic E-state index is -0.279. The van der Waals surface area contributed by atoms with Crippen LogP contribution in [-0.2, 0) is 0 Å². The first-order chi connectivity index (χ1) is 10.7. The van der Waals surface area contributed by atoms with Gasteiger partial charge < -0.3 is 0 Å². The third-order valence-corrected chi connectivity index (χ3v) is 4.11. The number of carbonyl (C=O) groups excluding carboxylic acids is 1. The molecule has 5 heteroatoms. The lowest BCUT2D eigenvalue weighted by Crippen LogP contribution is -2.33. The van der Waals surface area contributed by atoms with Gasteiger partial charge in [0.05, 0.1) is 5.69 Å². The van der Waals surface area contributed by atoms with Gasteiger partial charge in [0.1, 0.15) is 5.69 Å². The second-order valence-electron chi connectivity index (χ2n) is 5.02. The first-order valence-electron chi connectivity index (χ1n) is 6.77. The topological polar surface area (TPSA) is 42.3 Å². The van der Waals surface area contributed by atoms with Gasteiger partial charge in [-0.25, -0.2) is 4.57 Å². The van der Waals surface area contributed by atoms with Crippen molar-refractivity contribution in [2.45, 2.75) is 0 Å². The molecule has 22 heavy (non-hydrogen) atoms. The maximum atomic E-state index is 12.7. The van der Waals surface area contributed by atoms with Crippen molar-refractivity contribution in [3.05, 3.63) is 76.7 Å². The average Bonchev–Trinajstić information content (AvgIpc) is 2.80. The van der Waals surface area contributed by atoms with E-state index in [1.165, 1.54) is 9.47 Å². The zero-order valence-corrected chi connectivity index (χ0v) is 12.2. The van der Waals surface area contributed by atoms with Crippen molar-refractivity contribution in [3.63, 3.8) is 0 Å². The highest BCUT2D eigenvalue weighted by Crippen LogP contribution is 2.25. The smallest absolute Gasteiger partial charge is 0.268 e. The summed E-state index contributed by atoms with van der Waals surface area (Å²) >= 11 is 5.37. The first-order valence-corrected chi connectivity index (χ1v) is 7.18. The summed E-state index contributed by atoms with van der Waals surface area (Å²) in [5.41, 5.74) is 0.701. The summed E-state index contributed by atoms with van der Waals surface area (Å²) in [5.74, 6) is -0.279. The summed E-state index contributed by atoms with van der Waals surface area (Å²) in [7, 11) is 0. The fourth-order valence-corrected chi connectivity index (χ4v) is 3.08. The summed E-state index contributed by atoms with van der Waals surface area (Å²) in [6, 6.07) is 18.0. The minimum absolute atomic E-state index is 0.196. The average molecular weight is 306 g/mol. The van der Waals surface area contributed by atoms with Gasteiger partial charge in [-0.05, 0) is 41.9 Å². The van der Waals surface area contributed by atoms with Crippen LogP contribution in [0.4, 0.5) is 5.69 Å². The van der Waals surface area contributed by atoms with Crippen molar-refractivity contribution in [2.75, 3.05) is 4.90 Å². The molecule has 1 aliphatic rings. The highest BCUT2D eigenvalue weighted by molar-refractivity contribution is 7.80. The monoisotopic (exact) mass is 306 g/mol. The molecule has 0 unspecified atom stereocenters. The molecule has 0 bridgehead atoms. The summed E-state index contributed by atoms with van der Waals surface area (Å²) in [6.45, 7) is 0. The Labute approximate surface area is 131 Å². The molecule has 3 aromatic rings. The number of para-hydroxylation sites is 1. The van der Waals surface area contributed by atoms with E-state index in [4.69, 9.17) is 12.2 Å². The van der Waals surface area contributed by atoms with E-state index >= 15 is 0 Å². The lowest BCUT2D eigenvalue weighted by molar-refractivity contribution is 0.100. The molecule has 0 radical (unpaired) electrons. The highest BCUT2D eigenvalue weighted by Gasteiger charge is 2.35. The van der Waals surface area contributed by atoms with E-state index in [1.54, 1.807) is 30.3 Å². The van der Waals surface area contributed by atoms with Crippen LogP contribution >= 0.6 is 12.2 Å². The van der Waals surface area contributed by atoms with Gasteiger partial charge in [-0.3, -0.25) is 14.5 Å². The molecular weight excluding hydrogens is 296 g/mol. The van der Waals surface area contributed by atoms with E-state index in [2.05, 4.69) is 0 Å². The zero-order chi connectivity index (χ0) is 15.3. The predicted molar refractivity (Wildman–Crippen MR) is 89.5 cm³/mol. The third-order valence-electron chi connectivity index (χ3n) is 3.75. The van der Waals surface area contributed by atoms with Crippen molar-refractivity contribution in [2.24, 2.45) is 0 Å². The zero-order valence-electron chi connectivity index (χ0n) is 11.4. The molecule has 0 N–H and O–H groups in total. The first kappa shape index (κ1) is 12.9. The van der Waals surface area contributed by atoms with Gasteiger partial charge in [0.25, 0.3) is 11.5 Å². The Morgan fingerprint density at radius 1 is 0.864 bits per heavy atom. The molecule has 2 heterocycles. The van der Waals surface area contributed by atoms with E-state index in [-0.39, 0.29) is 16.6 Å². The number of benzene rings is 2. The predicted octanol–water partition coefficient (Wildman–Crippen LogP) is 2.79. The second-order valence-corrected chi connectivity index (χ2v) is 5.38. The summed E-state index contributed by atoms with van der Waals surface area (Å²) in [6.07, 6.45) is 0. The molecule has 0 saturated heterocycles. The number of carbonyl (C=O) groups is 1. The lowest BCUT2D eigenvalue weighted by Gasteiger charge is -2.14. The largest absolute Gasteiger partial charge is 0.281 e. The van der Waals surface area contributed by atoms with Gasteiger partial charge in [-0.2, -0.15) is 0 Å². The Kier molecular flexibility index (Phi) is 2.71. The highest BCUT2D eigenvalue weighted by atomic mass is 32.1. The Bertz CT molecular complexity index is 992. The molecule has 0 atom stereocenters. The van der Waals surface area contributed by atoms with Crippen molar-refractivity contribution >= 4 is 39.7 Å². The molecule has 2 aromatic carbocycles. The summed E-state index contributed by atoms with van der Waals surface area (Å²) in [4.78, 5) is 26.7. The number of hydrogen-bond donors (Lipinski definition) is 0. The Morgan fingerprint density at radius 3 is 2.32 bits per heavy atom. The fraction of sp³-hybridized carbons (Fsp3) is 0. The van der Waals surface area contributed by atoms with Gasteiger partial charge in [0.2, 0.25) is 0 Å². The van der Waals surface area contributed by atoms with Gasteiger partial charge in [0, 0.05) is 5.39 Å². The number of aromatic nitrogens is 1. The van der Waals surface area contributed by atoms with Crippen LogP contribution in [0, 0.1) is 0 Å². The number of hydrogen-bond acceptors (Lipinski definition) is 3. The number of amides is 1. The van der Waals surface area contributed by atoms with Crippen molar-refractivity contribution in [1.82, 2.24) is 4.57 Å². The van der Waals surface area contributed by atoms with Crippen molar-refractivity contribution in [3.8, 4) is 0 Å². The van der Waals surface area contributed by atoms with Crippen LogP contribution in [-0.4, -0.2) is 15.6 Å². The van der Waals surface area contributed by atoms with Gasteiger partial charge in [0.15, 0.2) is 5.11 Å². The lowest BCUT2D eigenvalue weighted by atomic mass is 10.1. The van der Waals surface area contributed by atoms with Crippen LogP contribution in [0.1, 0.15) is 10.5 Å². The Morgan fingerprint density at radius 2 is 1.55 bits per heavy atom. The SMILES string of the molecule is O=C1c2cc3ccccc3c(=O)n2C(=S)N1c1ccccc1. The number of nitrogens with zero attached hydrogens (tertiary/aromatic N) is 2. The number of pyridine rings is 1. The Hall–Kier alpha value is -2.79. The molecule has 1 amide bonds. The van der Waals surface area contributed by atoms with Gasteiger partial charge >= 0.3 is 0 Å². The molecule has 0 spiro atoms. The molecule has 4 rings (SSSR count). The van der Waals surface area contributed by atoms with Crippen LogP contribution in [0.2, 0.25) is 0 Å². The van der Waals surface area contributed by atoms with E-state index < -0.39 is 0 Å². The molecule has 0 aliphatic carbocycles. The Balaban J connectivity index is 2.00. The standard InChI is InChI=1S/C17H10N2O2S/c20-15-13-9-5-4-6-11(13)10-14-16(21)18(17(22)19(14)15)12-7-2-1-3-8-12/h1-10H. The maximum absolute atomic E-state index is 12.7. The molecule has 4 nitrogen and oxygen atoms in total. The number of fused-ring (bicyclic) bond motifs is 2. The third kappa shape index (κ3) is 1.66. The summed E-state index contributed by atoms with van der Waals surface area (Å²) in [5, 5.41) is 1.49. The van der Waals surface area contributed by atoms with Crippen molar-refractivity contribution in [1.29, 1.82) is 0 Å². The molecule has 0 fully saturated rings. The van der Waals surface area contributed by atoms with E-state index in [0.29, 0.717) is 16.8 Å². The van der Waals surface area contributed by atoms with E-state index in [0.717, 1.165) is 5.39 Å². The number of anilines is 1. The number of rotatable bonds is 1. The second kappa shape index (κ2) is 4.61. The van der Waals surface area contributed by atoms with E-state index in [1.807, 2.05) is 30.3 Å². The number of thiocarbonyl (C=S) groups is 1. The minimum Gasteiger partial charge on any atom is -0.268 e. The van der Waals surface area contributed by atoms with Crippen LogP contribution in [0.3, 0.4) is 0 Å². The van der Waals surface area contributed by atoms with Crippen molar-refractivity contribution < 1.29 is 4.79 Å². The van der Waals surface area contributed by atoms with Crippen LogP contribution < -0.4 is 10.5 Å². The van der Waals surface area contributed by atoms with Gasteiger partial charge in [-0.1, -0.05) is 36.4 Å². The molecule has 1 aromatic heterocycles. The van der Waals surface area contributed by atoms with Crippen LogP contribution in [0.5, 0.6) is 0 Å². The quantitative estimate of drug-likeness (QED) is 0.649. The normalized spacial score (nSPS) is 13.7. The summed E-state index contributed by atoms with van der Waals surface area (Å²) < 4.78 is 1.31. The van der Waals surface area contributed by atoms with Gasteiger partial charge in [-0.15, -0.1) is 0 Å². The molecule has 0 saturated carbocycles. The molecule has 1 aliphatic heterocycles. The van der Waals surface area contributed by atoms with Crippen LogP contribution in [0.25, 0.3) is 10.8 Å². The molecule has 106 valence electrons. The fourth-order valence-electron chi connectivity index (χ4n) is 2.71.